The summed E-state index contributed by atoms with van der Waals surface area (Å²) in [7, 11) is 0. The van der Waals surface area contributed by atoms with E-state index in [4.69, 9.17) is 29.7 Å². The molecule has 96 valence electrons. The van der Waals surface area contributed by atoms with E-state index in [0.717, 1.165) is 15.1 Å². The molecule has 0 saturated heterocycles. The SMILES string of the molecule is Nn1c(=S)[nH]c2cc(-c3ccc(Cl)cc3)sc2c1=O. The van der Waals surface area contributed by atoms with Gasteiger partial charge in [0.1, 0.15) is 4.70 Å². The van der Waals surface area contributed by atoms with Crippen LogP contribution >= 0.6 is 35.2 Å². The molecule has 3 aromatic rings. The second kappa shape index (κ2) is 4.48. The predicted octanol–water partition coefficient (Wildman–Crippen LogP) is 3.15. The van der Waals surface area contributed by atoms with Crippen LogP contribution in [0, 0.1) is 4.77 Å². The average Bonchev–Trinajstić information content (AvgIpc) is 2.81. The van der Waals surface area contributed by atoms with Crippen molar-refractivity contribution in [2.75, 3.05) is 5.84 Å². The Morgan fingerprint density at radius 3 is 2.68 bits per heavy atom. The van der Waals surface area contributed by atoms with E-state index in [9.17, 15) is 4.79 Å². The molecule has 0 radical (unpaired) electrons. The van der Waals surface area contributed by atoms with Crippen LogP contribution in [0.5, 0.6) is 0 Å². The summed E-state index contributed by atoms with van der Waals surface area (Å²) in [6.07, 6.45) is 0. The molecule has 2 aromatic heterocycles. The third-order valence-electron chi connectivity index (χ3n) is 2.73. The average molecular weight is 310 g/mol. The van der Waals surface area contributed by atoms with Crippen molar-refractivity contribution in [3.63, 3.8) is 0 Å². The number of benzene rings is 1. The van der Waals surface area contributed by atoms with Gasteiger partial charge in [0.15, 0.2) is 4.77 Å². The van der Waals surface area contributed by atoms with E-state index in [1.807, 2.05) is 30.3 Å². The van der Waals surface area contributed by atoms with Crippen molar-refractivity contribution in [2.45, 2.75) is 0 Å². The first kappa shape index (κ1) is 12.4. The zero-order valence-corrected chi connectivity index (χ0v) is 11.9. The Kier molecular flexibility index (Phi) is 2.93. The van der Waals surface area contributed by atoms with Crippen LogP contribution < -0.4 is 11.4 Å². The summed E-state index contributed by atoms with van der Waals surface area (Å²) in [6.45, 7) is 0. The van der Waals surface area contributed by atoms with Crippen LogP contribution in [0.3, 0.4) is 0 Å². The molecule has 0 amide bonds. The maximum Gasteiger partial charge on any atom is 0.290 e. The molecule has 0 bridgehead atoms. The third-order valence-corrected chi connectivity index (χ3v) is 4.46. The number of aromatic amines is 1. The maximum atomic E-state index is 12.0. The summed E-state index contributed by atoms with van der Waals surface area (Å²) in [5.74, 6) is 5.57. The number of hydrogen-bond acceptors (Lipinski definition) is 4. The first-order valence-electron chi connectivity index (χ1n) is 5.36. The van der Waals surface area contributed by atoms with Gasteiger partial charge < -0.3 is 10.8 Å². The van der Waals surface area contributed by atoms with Crippen molar-refractivity contribution in [1.82, 2.24) is 9.66 Å². The van der Waals surface area contributed by atoms with E-state index in [1.165, 1.54) is 11.3 Å². The van der Waals surface area contributed by atoms with Crippen LogP contribution in [0.1, 0.15) is 0 Å². The molecule has 0 fully saturated rings. The Morgan fingerprint density at radius 1 is 1.32 bits per heavy atom. The molecule has 4 nitrogen and oxygen atoms in total. The summed E-state index contributed by atoms with van der Waals surface area (Å²) in [5, 5.41) is 0.675. The van der Waals surface area contributed by atoms with Crippen molar-refractivity contribution in [3.8, 4) is 10.4 Å². The Bertz CT molecular complexity index is 877. The van der Waals surface area contributed by atoms with Gasteiger partial charge in [-0.15, -0.1) is 11.3 Å². The number of fused-ring (bicyclic) bond motifs is 1. The number of nitrogen functional groups attached to an aromatic ring is 1. The molecular weight excluding hydrogens is 302 g/mol. The fraction of sp³-hybridized carbons (Fsp3) is 0. The van der Waals surface area contributed by atoms with Gasteiger partial charge >= 0.3 is 0 Å². The van der Waals surface area contributed by atoms with Gasteiger partial charge in [-0.2, -0.15) is 4.68 Å². The lowest BCUT2D eigenvalue weighted by molar-refractivity contribution is 0.895. The van der Waals surface area contributed by atoms with Crippen LogP contribution in [0.25, 0.3) is 20.7 Å². The van der Waals surface area contributed by atoms with Crippen molar-refractivity contribution >= 4 is 45.4 Å². The van der Waals surface area contributed by atoms with Crippen LogP contribution in [-0.2, 0) is 0 Å². The minimum absolute atomic E-state index is 0.206. The number of rotatable bonds is 1. The normalized spacial score (nSPS) is 11.0. The Balaban J connectivity index is 2.28. The van der Waals surface area contributed by atoms with Crippen molar-refractivity contribution in [2.24, 2.45) is 0 Å². The smallest absolute Gasteiger partial charge is 0.290 e. The van der Waals surface area contributed by atoms with Crippen molar-refractivity contribution < 1.29 is 0 Å². The van der Waals surface area contributed by atoms with Crippen molar-refractivity contribution in [3.05, 3.63) is 50.5 Å². The Labute approximate surface area is 122 Å². The second-order valence-electron chi connectivity index (χ2n) is 3.97. The van der Waals surface area contributed by atoms with E-state index >= 15 is 0 Å². The highest BCUT2D eigenvalue weighted by molar-refractivity contribution is 7.71. The van der Waals surface area contributed by atoms with Crippen LogP contribution in [0.4, 0.5) is 0 Å². The lowest BCUT2D eigenvalue weighted by Crippen LogP contribution is -2.27. The molecule has 0 atom stereocenters. The summed E-state index contributed by atoms with van der Waals surface area (Å²) in [5.41, 5.74) is 1.41. The van der Waals surface area contributed by atoms with Gasteiger partial charge in [0.25, 0.3) is 5.56 Å². The van der Waals surface area contributed by atoms with E-state index < -0.39 is 0 Å². The number of aromatic nitrogens is 2. The van der Waals surface area contributed by atoms with E-state index in [2.05, 4.69) is 4.98 Å². The Morgan fingerprint density at radius 2 is 2.00 bits per heavy atom. The lowest BCUT2D eigenvalue weighted by atomic mass is 10.2. The number of thiophene rings is 1. The van der Waals surface area contributed by atoms with E-state index in [-0.39, 0.29) is 10.3 Å². The standard InChI is InChI=1S/C12H8ClN3OS2/c13-7-3-1-6(2-4-7)9-5-8-10(19-9)11(17)16(14)12(18)15-8/h1-5H,14H2,(H,15,18). The highest BCUT2D eigenvalue weighted by Gasteiger charge is 2.09. The minimum Gasteiger partial charge on any atom is -0.334 e. The fourth-order valence-electron chi connectivity index (χ4n) is 1.78. The van der Waals surface area contributed by atoms with Crippen LogP contribution in [0.15, 0.2) is 35.1 Å². The molecule has 1 aromatic carbocycles. The van der Waals surface area contributed by atoms with Gasteiger partial charge in [0.2, 0.25) is 0 Å². The molecule has 0 spiro atoms. The molecular formula is C12H8ClN3OS2. The first-order chi connectivity index (χ1) is 9.06. The molecule has 0 saturated carbocycles. The van der Waals surface area contributed by atoms with Crippen LogP contribution in [-0.4, -0.2) is 9.66 Å². The van der Waals surface area contributed by atoms with Gasteiger partial charge in [-0.25, -0.2) is 0 Å². The summed E-state index contributed by atoms with van der Waals surface area (Å²) in [6, 6.07) is 9.32. The number of halogens is 1. The number of nitrogens with two attached hydrogens (primary N) is 1. The zero-order chi connectivity index (χ0) is 13.6. The molecule has 0 aliphatic carbocycles. The van der Waals surface area contributed by atoms with Gasteiger partial charge in [-0.05, 0) is 36.0 Å². The van der Waals surface area contributed by atoms with Crippen LogP contribution in [0.2, 0.25) is 5.02 Å². The molecule has 0 aliphatic rings. The molecule has 3 N–H and O–H groups in total. The quantitative estimate of drug-likeness (QED) is 0.536. The lowest BCUT2D eigenvalue weighted by Gasteiger charge is -1.96. The first-order valence-corrected chi connectivity index (χ1v) is 6.96. The molecule has 19 heavy (non-hydrogen) atoms. The molecule has 3 rings (SSSR count). The second-order valence-corrected chi connectivity index (χ2v) is 5.84. The molecule has 0 unspecified atom stereocenters. The predicted molar refractivity (Wildman–Crippen MR) is 81.9 cm³/mol. The van der Waals surface area contributed by atoms with E-state index in [1.54, 1.807) is 0 Å². The fourth-order valence-corrected chi connectivity index (χ4v) is 3.15. The third kappa shape index (κ3) is 2.07. The van der Waals surface area contributed by atoms with Gasteiger partial charge in [-0.1, -0.05) is 23.7 Å². The molecule has 0 aliphatic heterocycles. The highest BCUT2D eigenvalue weighted by Crippen LogP contribution is 2.31. The summed E-state index contributed by atoms with van der Waals surface area (Å²) < 4.78 is 1.71. The number of nitrogens with one attached hydrogen (secondary N) is 1. The van der Waals surface area contributed by atoms with E-state index in [0.29, 0.717) is 15.2 Å². The largest absolute Gasteiger partial charge is 0.334 e. The van der Waals surface area contributed by atoms with Gasteiger partial charge in [0.05, 0.1) is 5.52 Å². The number of H-pyrrole nitrogens is 1. The topological polar surface area (TPSA) is 63.8 Å². The Hall–Kier alpha value is -1.63. The minimum atomic E-state index is -0.288. The number of nitrogens with zero attached hydrogens (tertiary/aromatic N) is 1. The molecule has 7 heteroatoms. The van der Waals surface area contributed by atoms with Gasteiger partial charge in [-0.3, -0.25) is 4.79 Å². The van der Waals surface area contributed by atoms with Crippen molar-refractivity contribution in [1.29, 1.82) is 0 Å². The number of hydrogen-bond donors (Lipinski definition) is 2. The zero-order valence-electron chi connectivity index (χ0n) is 9.51. The summed E-state index contributed by atoms with van der Waals surface area (Å²) >= 11 is 12.2. The monoisotopic (exact) mass is 309 g/mol. The maximum absolute atomic E-state index is 12.0. The molecule has 2 heterocycles. The van der Waals surface area contributed by atoms with Gasteiger partial charge in [0, 0.05) is 9.90 Å². The summed E-state index contributed by atoms with van der Waals surface area (Å²) in [4.78, 5) is 15.9. The highest BCUT2D eigenvalue weighted by atomic mass is 35.5.